The van der Waals surface area contributed by atoms with Gasteiger partial charge in [0.2, 0.25) is 0 Å². The summed E-state index contributed by atoms with van der Waals surface area (Å²) in [6.45, 7) is 4.93. The summed E-state index contributed by atoms with van der Waals surface area (Å²) in [5.41, 5.74) is 3.55. The number of ether oxygens (including phenoxy) is 2. The van der Waals surface area contributed by atoms with E-state index in [4.69, 9.17) is 14.5 Å². The van der Waals surface area contributed by atoms with Gasteiger partial charge in [-0.05, 0) is 62.2 Å². The minimum atomic E-state index is -0.347. The van der Waals surface area contributed by atoms with Gasteiger partial charge in [0.1, 0.15) is 15.8 Å². The highest BCUT2D eigenvalue weighted by Crippen LogP contribution is 2.45. The van der Waals surface area contributed by atoms with Crippen molar-refractivity contribution in [1.82, 2.24) is 9.88 Å². The van der Waals surface area contributed by atoms with E-state index in [1.165, 1.54) is 18.4 Å². The van der Waals surface area contributed by atoms with E-state index in [2.05, 4.69) is 5.32 Å². The monoisotopic (exact) mass is 507 g/mol. The molecular weight excluding hydrogens is 482 g/mol. The van der Waals surface area contributed by atoms with Crippen LogP contribution in [0.2, 0.25) is 0 Å². The number of hydrogen-bond donors (Lipinski definition) is 1. The topological polar surface area (TPSA) is 80.8 Å². The van der Waals surface area contributed by atoms with E-state index in [0.717, 1.165) is 42.0 Å². The molecule has 5 rings (SSSR count). The van der Waals surface area contributed by atoms with Gasteiger partial charge in [0, 0.05) is 22.5 Å². The first-order valence-corrected chi connectivity index (χ1v) is 13.0. The molecular formula is C26H25N3O4S2. The number of amides is 2. The third kappa shape index (κ3) is 4.74. The van der Waals surface area contributed by atoms with Crippen molar-refractivity contribution in [3.63, 3.8) is 0 Å². The first-order valence-electron chi connectivity index (χ1n) is 11.3. The Kier molecular flexibility index (Phi) is 6.44. The number of fused-ring (bicyclic) bond motifs is 2. The van der Waals surface area contributed by atoms with Gasteiger partial charge in [0.05, 0.1) is 30.0 Å². The fraction of sp³-hybridized carbons (Fsp3) is 0.269. The molecule has 4 aromatic rings. The third-order valence-electron chi connectivity index (χ3n) is 5.71. The molecule has 2 aromatic heterocycles. The van der Waals surface area contributed by atoms with Crippen LogP contribution in [0.1, 0.15) is 34.6 Å². The van der Waals surface area contributed by atoms with Gasteiger partial charge in [-0.25, -0.2) is 9.78 Å². The first kappa shape index (κ1) is 23.3. The lowest BCUT2D eigenvalue weighted by Gasteiger charge is -2.25. The number of carbonyl (C=O) groups excluding carboxylic acids is 2. The lowest BCUT2D eigenvalue weighted by molar-refractivity contribution is 0.102. The number of carbonyl (C=O) groups is 2. The smallest absolute Gasteiger partial charge is 0.409 e. The van der Waals surface area contributed by atoms with Crippen LogP contribution in [0.25, 0.3) is 20.8 Å². The summed E-state index contributed by atoms with van der Waals surface area (Å²) in [5, 5.41) is 4.73. The molecule has 0 saturated heterocycles. The van der Waals surface area contributed by atoms with Crippen molar-refractivity contribution in [3.8, 4) is 16.3 Å². The van der Waals surface area contributed by atoms with Crippen LogP contribution in [0, 0.1) is 0 Å². The van der Waals surface area contributed by atoms with Gasteiger partial charge in [-0.1, -0.05) is 12.1 Å². The number of anilines is 1. The van der Waals surface area contributed by atoms with Crippen LogP contribution in [-0.2, 0) is 17.7 Å². The standard InChI is InChI=1S/C26H25N3O4S2/c1-15(2)33-17-10-8-16(9-11-17)23(30)28-25-22(24-27-19-6-4-5-7-20(19)34-24)18-12-13-29(26(31)32-3)14-21(18)35-25/h4-11,15H,12-14H2,1-3H3,(H,28,30). The molecule has 0 spiro atoms. The van der Waals surface area contributed by atoms with Gasteiger partial charge in [-0.2, -0.15) is 0 Å². The van der Waals surface area contributed by atoms with E-state index in [9.17, 15) is 9.59 Å². The highest BCUT2D eigenvalue weighted by atomic mass is 32.1. The molecule has 1 aliphatic heterocycles. The van der Waals surface area contributed by atoms with Gasteiger partial charge in [0.15, 0.2) is 0 Å². The normalized spacial score (nSPS) is 13.1. The summed E-state index contributed by atoms with van der Waals surface area (Å²) >= 11 is 3.10. The number of methoxy groups -OCH3 is 1. The lowest BCUT2D eigenvalue weighted by atomic mass is 10.0. The van der Waals surface area contributed by atoms with Crippen molar-refractivity contribution < 1.29 is 19.1 Å². The maximum atomic E-state index is 13.2. The van der Waals surface area contributed by atoms with Gasteiger partial charge in [0.25, 0.3) is 5.91 Å². The van der Waals surface area contributed by atoms with Crippen molar-refractivity contribution in [1.29, 1.82) is 0 Å². The Labute approximate surface area is 211 Å². The molecule has 35 heavy (non-hydrogen) atoms. The number of nitrogens with zero attached hydrogens (tertiary/aromatic N) is 2. The number of nitrogens with one attached hydrogen (secondary N) is 1. The zero-order valence-corrected chi connectivity index (χ0v) is 21.3. The van der Waals surface area contributed by atoms with Crippen LogP contribution in [-0.4, -0.2) is 41.6 Å². The lowest BCUT2D eigenvalue weighted by Crippen LogP contribution is -2.35. The fourth-order valence-corrected chi connectivity index (χ4v) is 6.48. The molecule has 0 radical (unpaired) electrons. The minimum Gasteiger partial charge on any atom is -0.491 e. The highest BCUT2D eigenvalue weighted by Gasteiger charge is 2.30. The second-order valence-electron chi connectivity index (χ2n) is 8.48. The van der Waals surface area contributed by atoms with E-state index in [-0.39, 0.29) is 18.1 Å². The number of thiophene rings is 1. The van der Waals surface area contributed by atoms with Crippen molar-refractivity contribution >= 4 is 49.9 Å². The van der Waals surface area contributed by atoms with Crippen LogP contribution in [0.15, 0.2) is 48.5 Å². The predicted molar refractivity (Wildman–Crippen MR) is 140 cm³/mol. The average molecular weight is 508 g/mol. The number of hydrogen-bond acceptors (Lipinski definition) is 7. The van der Waals surface area contributed by atoms with Crippen molar-refractivity contribution in [3.05, 3.63) is 64.5 Å². The molecule has 1 aliphatic rings. The number of para-hydroxylation sites is 1. The molecule has 1 N–H and O–H groups in total. The Balaban J connectivity index is 1.50. The summed E-state index contributed by atoms with van der Waals surface area (Å²) in [5.74, 6) is 0.521. The number of benzene rings is 2. The Bertz CT molecular complexity index is 1360. The van der Waals surface area contributed by atoms with Gasteiger partial charge < -0.3 is 19.7 Å². The molecule has 0 aliphatic carbocycles. The molecule has 3 heterocycles. The zero-order valence-electron chi connectivity index (χ0n) is 19.7. The largest absolute Gasteiger partial charge is 0.491 e. The SMILES string of the molecule is COC(=O)N1CCc2c(sc(NC(=O)c3ccc(OC(C)C)cc3)c2-c2nc3ccccc3s2)C1. The summed E-state index contributed by atoms with van der Waals surface area (Å²) in [6.07, 6.45) is 0.386. The second kappa shape index (κ2) is 9.67. The van der Waals surface area contributed by atoms with Crippen LogP contribution in [0.5, 0.6) is 5.75 Å². The van der Waals surface area contributed by atoms with Crippen molar-refractivity contribution in [2.24, 2.45) is 0 Å². The molecule has 0 saturated carbocycles. The van der Waals surface area contributed by atoms with E-state index in [0.29, 0.717) is 25.1 Å². The van der Waals surface area contributed by atoms with Crippen LogP contribution >= 0.6 is 22.7 Å². The molecule has 9 heteroatoms. The van der Waals surface area contributed by atoms with Gasteiger partial charge in [-0.15, -0.1) is 22.7 Å². The second-order valence-corrected chi connectivity index (χ2v) is 10.6. The van der Waals surface area contributed by atoms with E-state index >= 15 is 0 Å². The number of rotatable bonds is 5. The zero-order chi connectivity index (χ0) is 24.5. The van der Waals surface area contributed by atoms with Crippen LogP contribution in [0.3, 0.4) is 0 Å². The molecule has 0 fully saturated rings. The summed E-state index contributed by atoms with van der Waals surface area (Å²) in [6, 6.07) is 15.1. The van der Waals surface area contributed by atoms with Crippen LogP contribution in [0.4, 0.5) is 9.80 Å². The van der Waals surface area contributed by atoms with Crippen molar-refractivity contribution in [2.45, 2.75) is 32.9 Å². The van der Waals surface area contributed by atoms with Crippen molar-refractivity contribution in [2.75, 3.05) is 19.0 Å². The summed E-state index contributed by atoms with van der Waals surface area (Å²) < 4.78 is 11.7. The first-order chi connectivity index (χ1) is 16.9. The number of aromatic nitrogens is 1. The van der Waals surface area contributed by atoms with Gasteiger partial charge in [-0.3, -0.25) is 4.79 Å². The fourth-order valence-electron chi connectivity index (χ4n) is 4.11. The van der Waals surface area contributed by atoms with E-state index in [1.807, 2.05) is 38.1 Å². The minimum absolute atomic E-state index is 0.0630. The molecule has 2 amide bonds. The van der Waals surface area contributed by atoms with Gasteiger partial charge >= 0.3 is 6.09 Å². The molecule has 2 aromatic carbocycles. The van der Waals surface area contributed by atoms with E-state index in [1.54, 1.807) is 40.5 Å². The highest BCUT2D eigenvalue weighted by molar-refractivity contribution is 7.23. The third-order valence-corrected chi connectivity index (χ3v) is 7.90. The Morgan fingerprint density at radius 2 is 1.86 bits per heavy atom. The Morgan fingerprint density at radius 1 is 1.09 bits per heavy atom. The molecule has 0 bridgehead atoms. The Morgan fingerprint density at radius 3 is 2.57 bits per heavy atom. The molecule has 0 unspecified atom stereocenters. The molecule has 7 nitrogen and oxygen atoms in total. The quantitative estimate of drug-likeness (QED) is 0.348. The Hall–Kier alpha value is -3.43. The van der Waals surface area contributed by atoms with E-state index < -0.39 is 0 Å². The number of thiazole rings is 1. The maximum Gasteiger partial charge on any atom is 0.409 e. The van der Waals surface area contributed by atoms with Crippen LogP contribution < -0.4 is 10.1 Å². The molecule has 180 valence electrons. The summed E-state index contributed by atoms with van der Waals surface area (Å²) in [4.78, 5) is 32.9. The maximum absolute atomic E-state index is 13.2. The predicted octanol–water partition coefficient (Wildman–Crippen LogP) is 6.19. The molecule has 0 atom stereocenters. The summed E-state index contributed by atoms with van der Waals surface area (Å²) in [7, 11) is 1.39. The average Bonchev–Trinajstić information content (AvgIpc) is 3.43.